The second kappa shape index (κ2) is 15.1. The summed E-state index contributed by atoms with van der Waals surface area (Å²) in [6.07, 6.45) is -0.930. The minimum atomic E-state index is -2.39. The third-order valence-electron chi connectivity index (χ3n) is 10.8. The van der Waals surface area contributed by atoms with E-state index in [-0.39, 0.29) is 36.4 Å². The van der Waals surface area contributed by atoms with Gasteiger partial charge in [0.1, 0.15) is 77.9 Å². The number of aliphatic hydroxyl groups is 6. The standard InChI is InChI=1S/C40H44N2O13/c1-21-12-31(47)28-13-24-14-33(39(2,9-3-11-43)54-36(24)34(37(28)53-21)42-17-23-8-10-41-29(23)18-42)55-52-20-40(51,38(50)35(49)32(48)19-44)16-22-4-7-30(46)26-6-5-25(45)15-27(22)26/h4-8,10,12-13,15,18,32-33,35,38,43-46,48-51H,3,9,11,14,16-17,19-20H2,1-2H3/p+1. The number of rotatable bonds is 14. The van der Waals surface area contributed by atoms with E-state index in [0.29, 0.717) is 63.0 Å². The number of allylic oxidation sites excluding steroid dienone is 1. The van der Waals surface area contributed by atoms with E-state index in [1.54, 1.807) is 26.1 Å². The Morgan fingerprint density at radius 1 is 1.07 bits per heavy atom. The van der Waals surface area contributed by atoms with Gasteiger partial charge >= 0.3 is 0 Å². The number of quaternary nitrogens is 1. The first-order valence-corrected chi connectivity index (χ1v) is 18.1. The molecule has 9 N–H and O–H groups in total. The van der Waals surface area contributed by atoms with Crippen molar-refractivity contribution in [3.63, 3.8) is 0 Å². The number of hydrogen-bond acceptors (Lipinski definition) is 14. The van der Waals surface area contributed by atoms with Crippen molar-refractivity contribution in [1.29, 1.82) is 0 Å². The smallest absolute Gasteiger partial charge is 0.222 e. The number of hydrogen-bond donors (Lipinski definition) is 9. The highest BCUT2D eigenvalue weighted by atomic mass is 17.2. The molecular weight excluding hydrogens is 716 g/mol. The minimum absolute atomic E-state index is 0.0989. The molecule has 1 aromatic heterocycles. The predicted octanol–water partition coefficient (Wildman–Crippen LogP) is 0.880. The molecule has 3 aliphatic rings. The minimum Gasteiger partial charge on any atom is -0.508 e. The second-order valence-electron chi connectivity index (χ2n) is 14.8. The molecule has 3 aliphatic heterocycles. The highest BCUT2D eigenvalue weighted by molar-refractivity contribution is 5.92. The summed E-state index contributed by atoms with van der Waals surface area (Å²) in [7, 11) is 0. The summed E-state index contributed by atoms with van der Waals surface area (Å²) in [4.78, 5) is 30.4. The van der Waals surface area contributed by atoms with Crippen LogP contribution in [0, 0.1) is 6.92 Å². The van der Waals surface area contributed by atoms with Gasteiger partial charge in [0.15, 0.2) is 11.2 Å². The monoisotopic (exact) mass is 761 g/mol. The Morgan fingerprint density at radius 2 is 1.87 bits per heavy atom. The predicted molar refractivity (Wildman–Crippen MR) is 198 cm³/mol. The molecule has 0 spiro atoms. The van der Waals surface area contributed by atoms with Gasteiger partial charge in [-0.15, -0.1) is 0 Å². The number of phenolic OH excluding ortho intramolecular Hbond substituents is 2. The normalized spacial score (nSPS) is 23.1. The van der Waals surface area contributed by atoms with Gasteiger partial charge in [0.25, 0.3) is 0 Å². The lowest BCUT2D eigenvalue weighted by atomic mass is 9.84. The molecule has 0 saturated heterocycles. The Balaban J connectivity index is 1.23. The molecule has 0 fully saturated rings. The van der Waals surface area contributed by atoms with Crippen LogP contribution in [0.2, 0.25) is 0 Å². The Kier molecular flexibility index (Phi) is 10.6. The third-order valence-corrected chi connectivity index (χ3v) is 10.8. The molecule has 0 radical (unpaired) electrons. The summed E-state index contributed by atoms with van der Waals surface area (Å²) >= 11 is 0. The first kappa shape index (κ1) is 38.6. The lowest BCUT2D eigenvalue weighted by molar-refractivity contribution is -0.763. The molecular formula is C40H45N2O13+. The van der Waals surface area contributed by atoms with Crippen LogP contribution in [0.3, 0.4) is 0 Å². The number of aliphatic imine (C=N–C) groups is 1. The molecule has 7 rings (SSSR count). The van der Waals surface area contributed by atoms with E-state index in [1.165, 1.54) is 36.4 Å². The van der Waals surface area contributed by atoms with Crippen molar-refractivity contribution in [3.8, 4) is 17.2 Å². The molecule has 15 heteroatoms. The van der Waals surface area contributed by atoms with E-state index >= 15 is 0 Å². The van der Waals surface area contributed by atoms with Gasteiger partial charge in [-0.2, -0.15) is 0 Å². The summed E-state index contributed by atoms with van der Waals surface area (Å²) in [6, 6.07) is 10.2. The second-order valence-corrected chi connectivity index (χ2v) is 14.8. The summed E-state index contributed by atoms with van der Waals surface area (Å²) in [6.45, 7) is 2.17. The van der Waals surface area contributed by atoms with Gasteiger partial charge in [0, 0.05) is 48.3 Å². The highest BCUT2D eigenvalue weighted by Crippen LogP contribution is 2.45. The van der Waals surface area contributed by atoms with Gasteiger partial charge in [0.05, 0.1) is 12.0 Å². The van der Waals surface area contributed by atoms with Gasteiger partial charge in [-0.05, 0) is 74.0 Å². The lowest BCUT2D eigenvalue weighted by Crippen LogP contribution is -3.01. The van der Waals surface area contributed by atoms with Crippen molar-refractivity contribution in [3.05, 3.63) is 93.1 Å². The Morgan fingerprint density at radius 3 is 2.62 bits per heavy atom. The number of nitrogens with zero attached hydrogens (tertiary/aromatic N) is 1. The molecule has 0 saturated carbocycles. The molecule has 3 aromatic carbocycles. The zero-order valence-electron chi connectivity index (χ0n) is 30.3. The number of fused-ring (bicyclic) bond motifs is 4. The maximum atomic E-state index is 13.4. The zero-order chi connectivity index (χ0) is 39.2. The third kappa shape index (κ3) is 7.26. The van der Waals surface area contributed by atoms with Gasteiger partial charge in [-0.25, -0.2) is 9.78 Å². The first-order chi connectivity index (χ1) is 26.2. The van der Waals surface area contributed by atoms with E-state index in [9.17, 15) is 45.6 Å². The van der Waals surface area contributed by atoms with Gasteiger partial charge < -0.3 is 50.0 Å². The number of aryl methyl sites for hydroxylation is 1. The number of aliphatic hydroxyl groups excluding tert-OH is 5. The number of benzene rings is 3. The fourth-order valence-electron chi connectivity index (χ4n) is 7.69. The summed E-state index contributed by atoms with van der Waals surface area (Å²) in [5, 5.41) is 85.3. The van der Waals surface area contributed by atoms with Crippen molar-refractivity contribution < 1.29 is 64.7 Å². The molecule has 4 heterocycles. The molecule has 7 unspecified atom stereocenters. The van der Waals surface area contributed by atoms with E-state index in [2.05, 4.69) is 4.99 Å². The maximum Gasteiger partial charge on any atom is 0.222 e. The van der Waals surface area contributed by atoms with E-state index < -0.39 is 55.3 Å². The summed E-state index contributed by atoms with van der Waals surface area (Å²) < 4.78 is 13.0. The number of nitrogens with one attached hydrogen (secondary N) is 1. The fourth-order valence-corrected chi connectivity index (χ4v) is 7.69. The van der Waals surface area contributed by atoms with E-state index in [1.807, 2.05) is 12.3 Å². The molecule has 55 heavy (non-hydrogen) atoms. The van der Waals surface area contributed by atoms with Gasteiger partial charge in [-0.3, -0.25) is 14.7 Å². The first-order valence-electron chi connectivity index (χ1n) is 18.1. The zero-order valence-corrected chi connectivity index (χ0v) is 30.3. The van der Waals surface area contributed by atoms with Crippen molar-refractivity contribution in [1.82, 2.24) is 0 Å². The van der Waals surface area contributed by atoms with Gasteiger partial charge in [-0.1, -0.05) is 6.07 Å². The highest BCUT2D eigenvalue weighted by Gasteiger charge is 2.48. The molecule has 15 nitrogen and oxygen atoms in total. The van der Waals surface area contributed by atoms with Crippen LogP contribution in [0.25, 0.3) is 21.7 Å². The van der Waals surface area contributed by atoms with Crippen LogP contribution in [0.4, 0.5) is 5.69 Å². The topological polar surface area (TPSA) is 237 Å². The summed E-state index contributed by atoms with van der Waals surface area (Å²) in [5.41, 5.74) is -0.0218. The molecule has 7 atom stereocenters. The summed E-state index contributed by atoms with van der Waals surface area (Å²) in [5.74, 6) is 0.685. The van der Waals surface area contributed by atoms with Crippen molar-refractivity contribution in [2.24, 2.45) is 4.99 Å². The van der Waals surface area contributed by atoms with Crippen LogP contribution in [0.5, 0.6) is 17.2 Å². The van der Waals surface area contributed by atoms with Crippen LogP contribution < -0.4 is 15.1 Å². The van der Waals surface area contributed by atoms with Crippen LogP contribution in [0.1, 0.15) is 36.7 Å². The Hall–Kier alpha value is -4.68. The quantitative estimate of drug-likeness (QED) is 0.0642. The molecule has 0 aliphatic carbocycles. The largest absolute Gasteiger partial charge is 0.508 e. The van der Waals surface area contributed by atoms with Crippen LogP contribution in [0.15, 0.2) is 80.2 Å². The van der Waals surface area contributed by atoms with Crippen LogP contribution in [-0.2, 0) is 22.6 Å². The van der Waals surface area contributed by atoms with Crippen molar-refractivity contribution >= 4 is 33.6 Å². The molecule has 4 aromatic rings. The van der Waals surface area contributed by atoms with Crippen molar-refractivity contribution in [2.75, 3.05) is 26.4 Å². The van der Waals surface area contributed by atoms with E-state index in [4.69, 9.17) is 18.9 Å². The number of phenols is 2. The van der Waals surface area contributed by atoms with Crippen LogP contribution >= 0.6 is 0 Å². The van der Waals surface area contributed by atoms with Gasteiger partial charge in [0.2, 0.25) is 11.3 Å². The lowest BCUT2D eigenvalue weighted by Gasteiger charge is -2.42. The van der Waals surface area contributed by atoms with Crippen LogP contribution in [-0.4, -0.2) is 109 Å². The van der Waals surface area contributed by atoms with E-state index in [0.717, 1.165) is 16.2 Å². The number of ether oxygens (including phenoxy) is 1. The average Bonchev–Trinajstić information content (AvgIpc) is 3.77. The Labute approximate surface area is 314 Å². The van der Waals surface area contributed by atoms with Crippen molar-refractivity contribution in [2.45, 2.75) is 75.1 Å². The fraction of sp³-hybridized carbons (Fsp3) is 0.400. The average molecular weight is 762 g/mol. The Bertz CT molecular complexity index is 2270. The SMILES string of the molecule is Cc1cc(=O)c2cc3c(c([NH+]4C=C5N=CC=C5C4)c2o1)OC(C)(CCCO)C(OOCC(O)(Cc1ccc(O)c2ccc(O)cc12)C(O)C(O)C(O)CO)C3. The maximum absolute atomic E-state index is 13.4. The molecule has 292 valence electrons. The molecule has 0 bridgehead atoms. The molecule has 0 amide bonds. The number of aromatic hydroxyl groups is 2.